The van der Waals surface area contributed by atoms with Gasteiger partial charge in [-0.1, -0.05) is 32.6 Å². The average Bonchev–Trinajstić information content (AvgIpc) is 2.14. The molecule has 84 valence electrons. The SMILES string of the molecule is CCCCCCCNC1CC(OC)C1. The molecular weight excluding hydrogens is 174 g/mol. The first kappa shape index (κ1) is 12.0. The number of ether oxygens (including phenoxy) is 1. The fraction of sp³-hybridized carbons (Fsp3) is 1.00. The van der Waals surface area contributed by atoms with Crippen LogP contribution in [0.15, 0.2) is 0 Å². The summed E-state index contributed by atoms with van der Waals surface area (Å²) in [4.78, 5) is 0. The van der Waals surface area contributed by atoms with Crippen LogP contribution in [0.1, 0.15) is 51.9 Å². The molecule has 0 aromatic carbocycles. The molecule has 0 bridgehead atoms. The fourth-order valence-corrected chi connectivity index (χ4v) is 1.96. The Morgan fingerprint density at radius 3 is 2.50 bits per heavy atom. The fourth-order valence-electron chi connectivity index (χ4n) is 1.96. The van der Waals surface area contributed by atoms with Gasteiger partial charge < -0.3 is 10.1 Å². The van der Waals surface area contributed by atoms with Gasteiger partial charge in [-0.25, -0.2) is 0 Å². The zero-order valence-corrected chi connectivity index (χ0v) is 9.72. The third-order valence-corrected chi connectivity index (χ3v) is 3.14. The maximum atomic E-state index is 5.24. The molecule has 2 nitrogen and oxygen atoms in total. The second-order valence-corrected chi connectivity index (χ2v) is 4.39. The Labute approximate surface area is 88.4 Å². The molecule has 0 unspecified atom stereocenters. The Morgan fingerprint density at radius 2 is 1.86 bits per heavy atom. The first-order valence-corrected chi connectivity index (χ1v) is 6.13. The van der Waals surface area contributed by atoms with Crippen molar-refractivity contribution in [2.45, 2.75) is 64.0 Å². The number of nitrogens with one attached hydrogen (secondary N) is 1. The summed E-state index contributed by atoms with van der Waals surface area (Å²) < 4.78 is 5.24. The predicted molar refractivity (Wildman–Crippen MR) is 60.6 cm³/mol. The molecule has 1 aliphatic rings. The summed E-state index contributed by atoms with van der Waals surface area (Å²) in [7, 11) is 1.81. The van der Waals surface area contributed by atoms with Gasteiger partial charge in [0.1, 0.15) is 0 Å². The van der Waals surface area contributed by atoms with Gasteiger partial charge in [-0.05, 0) is 25.8 Å². The van der Waals surface area contributed by atoms with E-state index in [1.165, 1.54) is 51.5 Å². The second-order valence-electron chi connectivity index (χ2n) is 4.39. The molecular formula is C12H25NO. The standard InChI is InChI=1S/C12H25NO/c1-3-4-5-6-7-8-13-11-9-12(10-11)14-2/h11-13H,3-10H2,1-2H3. The largest absolute Gasteiger partial charge is 0.381 e. The van der Waals surface area contributed by atoms with Gasteiger partial charge in [0, 0.05) is 13.2 Å². The van der Waals surface area contributed by atoms with Crippen molar-refractivity contribution in [1.82, 2.24) is 5.32 Å². The van der Waals surface area contributed by atoms with E-state index in [-0.39, 0.29) is 0 Å². The first-order valence-electron chi connectivity index (χ1n) is 6.13. The highest BCUT2D eigenvalue weighted by molar-refractivity contribution is 4.85. The third kappa shape index (κ3) is 4.43. The maximum Gasteiger partial charge on any atom is 0.0601 e. The first-order chi connectivity index (χ1) is 6.86. The van der Waals surface area contributed by atoms with Crippen LogP contribution in [0, 0.1) is 0 Å². The normalized spacial score (nSPS) is 26.1. The quantitative estimate of drug-likeness (QED) is 0.607. The van der Waals surface area contributed by atoms with E-state index >= 15 is 0 Å². The molecule has 0 aromatic heterocycles. The Hall–Kier alpha value is -0.0800. The summed E-state index contributed by atoms with van der Waals surface area (Å²) in [5.74, 6) is 0. The lowest BCUT2D eigenvalue weighted by Crippen LogP contribution is -2.45. The van der Waals surface area contributed by atoms with Crippen LogP contribution in [-0.4, -0.2) is 25.8 Å². The van der Waals surface area contributed by atoms with E-state index < -0.39 is 0 Å². The molecule has 1 N–H and O–H groups in total. The Morgan fingerprint density at radius 1 is 1.14 bits per heavy atom. The topological polar surface area (TPSA) is 21.3 Å². The molecule has 1 saturated carbocycles. The lowest BCUT2D eigenvalue weighted by atomic mass is 9.89. The van der Waals surface area contributed by atoms with Crippen molar-refractivity contribution in [2.24, 2.45) is 0 Å². The van der Waals surface area contributed by atoms with Gasteiger partial charge in [0.25, 0.3) is 0 Å². The molecule has 14 heavy (non-hydrogen) atoms. The second kappa shape index (κ2) is 7.24. The smallest absolute Gasteiger partial charge is 0.0601 e. The molecule has 2 heteroatoms. The van der Waals surface area contributed by atoms with Crippen LogP contribution < -0.4 is 5.32 Å². The Bertz CT molecular complexity index is 132. The minimum atomic E-state index is 0.535. The van der Waals surface area contributed by atoms with Crippen LogP contribution in [0.4, 0.5) is 0 Å². The molecule has 1 aliphatic carbocycles. The average molecular weight is 199 g/mol. The van der Waals surface area contributed by atoms with Crippen molar-refractivity contribution in [2.75, 3.05) is 13.7 Å². The van der Waals surface area contributed by atoms with Crippen LogP contribution in [-0.2, 0) is 4.74 Å². The molecule has 1 fully saturated rings. The van der Waals surface area contributed by atoms with Crippen LogP contribution in [0.25, 0.3) is 0 Å². The van der Waals surface area contributed by atoms with E-state index in [9.17, 15) is 0 Å². The molecule has 0 aliphatic heterocycles. The monoisotopic (exact) mass is 199 g/mol. The lowest BCUT2D eigenvalue weighted by molar-refractivity contribution is 0.0175. The number of rotatable bonds is 8. The predicted octanol–water partition coefficient (Wildman–Crippen LogP) is 2.72. The van der Waals surface area contributed by atoms with E-state index in [1.807, 2.05) is 7.11 Å². The molecule has 0 spiro atoms. The van der Waals surface area contributed by atoms with Crippen LogP contribution >= 0.6 is 0 Å². The summed E-state index contributed by atoms with van der Waals surface area (Å²) >= 11 is 0. The minimum Gasteiger partial charge on any atom is -0.381 e. The molecule has 0 aromatic rings. The van der Waals surface area contributed by atoms with E-state index in [1.54, 1.807) is 0 Å². The van der Waals surface area contributed by atoms with Crippen molar-refractivity contribution >= 4 is 0 Å². The highest BCUT2D eigenvalue weighted by atomic mass is 16.5. The van der Waals surface area contributed by atoms with E-state index in [2.05, 4.69) is 12.2 Å². The van der Waals surface area contributed by atoms with E-state index in [4.69, 9.17) is 4.74 Å². The molecule has 0 radical (unpaired) electrons. The van der Waals surface area contributed by atoms with Crippen molar-refractivity contribution in [3.8, 4) is 0 Å². The lowest BCUT2D eigenvalue weighted by Gasteiger charge is -2.34. The van der Waals surface area contributed by atoms with Crippen molar-refractivity contribution in [3.63, 3.8) is 0 Å². The van der Waals surface area contributed by atoms with Crippen molar-refractivity contribution in [1.29, 1.82) is 0 Å². The molecule has 0 saturated heterocycles. The van der Waals surface area contributed by atoms with Gasteiger partial charge in [0.2, 0.25) is 0 Å². The number of methoxy groups -OCH3 is 1. The Balaban J connectivity index is 1.77. The molecule has 0 amide bonds. The highest BCUT2D eigenvalue weighted by Crippen LogP contribution is 2.22. The minimum absolute atomic E-state index is 0.535. The van der Waals surface area contributed by atoms with Gasteiger partial charge in [0.05, 0.1) is 6.10 Å². The van der Waals surface area contributed by atoms with Gasteiger partial charge in [-0.15, -0.1) is 0 Å². The van der Waals surface area contributed by atoms with Gasteiger partial charge in [-0.2, -0.15) is 0 Å². The van der Waals surface area contributed by atoms with Crippen LogP contribution in [0.5, 0.6) is 0 Å². The van der Waals surface area contributed by atoms with E-state index in [0.717, 1.165) is 6.04 Å². The van der Waals surface area contributed by atoms with Gasteiger partial charge in [-0.3, -0.25) is 0 Å². The van der Waals surface area contributed by atoms with Crippen molar-refractivity contribution < 1.29 is 4.74 Å². The van der Waals surface area contributed by atoms with Crippen LogP contribution in [0.3, 0.4) is 0 Å². The third-order valence-electron chi connectivity index (χ3n) is 3.14. The number of unbranched alkanes of at least 4 members (excludes halogenated alkanes) is 4. The molecule has 1 rings (SSSR count). The van der Waals surface area contributed by atoms with Crippen molar-refractivity contribution in [3.05, 3.63) is 0 Å². The zero-order valence-electron chi connectivity index (χ0n) is 9.72. The summed E-state index contributed by atoms with van der Waals surface area (Å²) in [5.41, 5.74) is 0. The maximum absolute atomic E-state index is 5.24. The van der Waals surface area contributed by atoms with Crippen LogP contribution in [0.2, 0.25) is 0 Å². The van der Waals surface area contributed by atoms with E-state index in [0.29, 0.717) is 6.10 Å². The molecule has 0 atom stereocenters. The molecule has 0 heterocycles. The summed E-state index contributed by atoms with van der Waals surface area (Å²) in [6.07, 6.45) is 9.84. The Kier molecular flexibility index (Phi) is 6.20. The van der Waals surface area contributed by atoms with Gasteiger partial charge >= 0.3 is 0 Å². The number of hydrogen-bond donors (Lipinski definition) is 1. The zero-order chi connectivity index (χ0) is 10.2. The number of hydrogen-bond acceptors (Lipinski definition) is 2. The summed E-state index contributed by atoms with van der Waals surface area (Å²) in [5, 5.41) is 3.58. The summed E-state index contributed by atoms with van der Waals surface area (Å²) in [6, 6.07) is 0.742. The highest BCUT2D eigenvalue weighted by Gasteiger charge is 2.27. The van der Waals surface area contributed by atoms with Gasteiger partial charge in [0.15, 0.2) is 0 Å². The summed E-state index contributed by atoms with van der Waals surface area (Å²) in [6.45, 7) is 3.46.